The summed E-state index contributed by atoms with van der Waals surface area (Å²) in [6, 6.07) is 0. The molecule has 0 amide bonds. The van der Waals surface area contributed by atoms with Crippen LogP contribution in [0.15, 0.2) is 6.33 Å². The van der Waals surface area contributed by atoms with Crippen molar-refractivity contribution in [1.29, 1.82) is 0 Å². The number of hydrogen-bond donors (Lipinski definition) is 1. The van der Waals surface area contributed by atoms with Crippen LogP contribution in [0.1, 0.15) is 19.2 Å². The maximum Gasteiger partial charge on any atom is 0.141 e. The zero-order chi connectivity index (χ0) is 9.68. The standard InChI is InChI=1S/C8H14N4O/c1-2-12-8(10-6-11-12)5-7(13)3-4-9/h6H,2-5,9H2,1H3. The topological polar surface area (TPSA) is 73.8 Å². The Balaban J connectivity index is 2.57. The Morgan fingerprint density at radius 1 is 1.69 bits per heavy atom. The van der Waals surface area contributed by atoms with E-state index >= 15 is 0 Å². The lowest BCUT2D eigenvalue weighted by atomic mass is 10.2. The molecule has 5 nitrogen and oxygen atoms in total. The highest BCUT2D eigenvalue weighted by Gasteiger charge is 2.07. The summed E-state index contributed by atoms with van der Waals surface area (Å²) in [6.45, 7) is 3.11. The molecule has 0 aliphatic heterocycles. The van der Waals surface area contributed by atoms with E-state index in [0.29, 0.717) is 19.4 Å². The minimum atomic E-state index is 0.116. The summed E-state index contributed by atoms with van der Waals surface area (Å²) in [5.74, 6) is 0.839. The van der Waals surface area contributed by atoms with Gasteiger partial charge in [0.1, 0.15) is 17.9 Å². The third kappa shape index (κ3) is 2.62. The molecule has 0 radical (unpaired) electrons. The van der Waals surface area contributed by atoms with Crippen molar-refractivity contribution in [2.75, 3.05) is 6.54 Å². The fourth-order valence-corrected chi connectivity index (χ4v) is 1.11. The van der Waals surface area contributed by atoms with Gasteiger partial charge in [-0.3, -0.25) is 4.79 Å². The van der Waals surface area contributed by atoms with E-state index in [-0.39, 0.29) is 5.78 Å². The van der Waals surface area contributed by atoms with Crippen LogP contribution >= 0.6 is 0 Å². The first kappa shape index (κ1) is 9.85. The number of nitrogens with two attached hydrogens (primary N) is 1. The van der Waals surface area contributed by atoms with Crippen LogP contribution in [0.5, 0.6) is 0 Å². The van der Waals surface area contributed by atoms with Gasteiger partial charge >= 0.3 is 0 Å². The second-order valence-corrected chi connectivity index (χ2v) is 2.75. The normalized spacial score (nSPS) is 10.3. The van der Waals surface area contributed by atoms with Crippen molar-refractivity contribution >= 4 is 5.78 Å². The summed E-state index contributed by atoms with van der Waals surface area (Å²) in [4.78, 5) is 15.2. The van der Waals surface area contributed by atoms with E-state index in [2.05, 4.69) is 10.1 Å². The van der Waals surface area contributed by atoms with Crippen LogP contribution in [0, 0.1) is 0 Å². The van der Waals surface area contributed by atoms with Gasteiger partial charge in [-0.1, -0.05) is 0 Å². The molecule has 0 aromatic carbocycles. The highest BCUT2D eigenvalue weighted by atomic mass is 16.1. The maximum atomic E-state index is 11.2. The van der Waals surface area contributed by atoms with E-state index in [4.69, 9.17) is 5.73 Å². The number of nitrogens with zero attached hydrogens (tertiary/aromatic N) is 3. The lowest BCUT2D eigenvalue weighted by molar-refractivity contribution is -0.118. The van der Waals surface area contributed by atoms with Crippen LogP contribution < -0.4 is 5.73 Å². The molecule has 0 aliphatic rings. The van der Waals surface area contributed by atoms with Crippen LogP contribution in [0.25, 0.3) is 0 Å². The van der Waals surface area contributed by atoms with E-state index in [1.54, 1.807) is 4.68 Å². The third-order valence-corrected chi connectivity index (χ3v) is 1.77. The Morgan fingerprint density at radius 2 is 2.46 bits per heavy atom. The first-order valence-electron chi connectivity index (χ1n) is 4.36. The molecular formula is C8H14N4O. The lowest BCUT2D eigenvalue weighted by Crippen LogP contribution is -2.14. The molecule has 0 aliphatic carbocycles. The minimum Gasteiger partial charge on any atom is -0.330 e. The number of Topliss-reactive ketones (excluding diaryl/α,β-unsaturated/α-hetero) is 1. The predicted octanol–water partition coefficient (Wildman–Crippen LogP) is -0.242. The molecular weight excluding hydrogens is 168 g/mol. The summed E-state index contributed by atoms with van der Waals surface area (Å²) in [6.07, 6.45) is 2.22. The van der Waals surface area contributed by atoms with E-state index in [1.165, 1.54) is 6.33 Å². The molecule has 0 bridgehead atoms. The zero-order valence-electron chi connectivity index (χ0n) is 7.73. The first-order chi connectivity index (χ1) is 6.27. The van der Waals surface area contributed by atoms with E-state index in [9.17, 15) is 4.79 Å². The smallest absolute Gasteiger partial charge is 0.141 e. The van der Waals surface area contributed by atoms with Crippen LogP contribution in [-0.2, 0) is 17.8 Å². The number of aromatic nitrogens is 3. The summed E-state index contributed by atoms with van der Waals surface area (Å²) in [7, 11) is 0. The predicted molar refractivity (Wildman–Crippen MR) is 48.1 cm³/mol. The van der Waals surface area contributed by atoms with Crippen molar-refractivity contribution in [3.8, 4) is 0 Å². The van der Waals surface area contributed by atoms with Crippen LogP contribution in [0.3, 0.4) is 0 Å². The molecule has 72 valence electrons. The van der Waals surface area contributed by atoms with E-state index in [0.717, 1.165) is 12.4 Å². The van der Waals surface area contributed by atoms with Gasteiger partial charge in [0.2, 0.25) is 0 Å². The Morgan fingerprint density at radius 3 is 3.08 bits per heavy atom. The molecule has 13 heavy (non-hydrogen) atoms. The molecule has 5 heteroatoms. The van der Waals surface area contributed by atoms with Gasteiger partial charge in [0.15, 0.2) is 0 Å². The zero-order valence-corrected chi connectivity index (χ0v) is 7.73. The monoisotopic (exact) mass is 182 g/mol. The Hall–Kier alpha value is -1.23. The number of aryl methyl sites for hydroxylation is 1. The molecule has 0 saturated heterocycles. The molecule has 1 aromatic rings. The second-order valence-electron chi connectivity index (χ2n) is 2.75. The van der Waals surface area contributed by atoms with Gasteiger partial charge in [0, 0.05) is 13.0 Å². The number of ketones is 1. The summed E-state index contributed by atoms with van der Waals surface area (Å²) in [5, 5.41) is 3.97. The maximum absolute atomic E-state index is 11.2. The highest BCUT2D eigenvalue weighted by molar-refractivity contribution is 5.80. The van der Waals surface area contributed by atoms with Gasteiger partial charge in [0.25, 0.3) is 0 Å². The SMILES string of the molecule is CCn1ncnc1CC(=O)CCN. The van der Waals surface area contributed by atoms with Gasteiger partial charge in [-0.2, -0.15) is 5.10 Å². The van der Waals surface area contributed by atoms with Crippen molar-refractivity contribution in [1.82, 2.24) is 14.8 Å². The highest BCUT2D eigenvalue weighted by Crippen LogP contribution is 1.97. The summed E-state index contributed by atoms with van der Waals surface area (Å²) in [5.41, 5.74) is 5.27. The van der Waals surface area contributed by atoms with Crippen LogP contribution in [0.2, 0.25) is 0 Å². The van der Waals surface area contributed by atoms with Gasteiger partial charge in [-0.15, -0.1) is 0 Å². The molecule has 0 atom stereocenters. The van der Waals surface area contributed by atoms with Gasteiger partial charge in [-0.05, 0) is 13.5 Å². The largest absolute Gasteiger partial charge is 0.330 e. The molecule has 2 N–H and O–H groups in total. The number of hydrogen-bond acceptors (Lipinski definition) is 4. The first-order valence-corrected chi connectivity index (χ1v) is 4.36. The molecule has 0 fully saturated rings. The number of rotatable bonds is 5. The molecule has 1 heterocycles. The van der Waals surface area contributed by atoms with Crippen LogP contribution in [0.4, 0.5) is 0 Å². The lowest BCUT2D eigenvalue weighted by Gasteiger charge is -2.00. The fourth-order valence-electron chi connectivity index (χ4n) is 1.11. The Bertz CT molecular complexity index is 281. The van der Waals surface area contributed by atoms with E-state index < -0.39 is 0 Å². The average molecular weight is 182 g/mol. The number of carbonyl (C=O) groups is 1. The summed E-state index contributed by atoms with van der Waals surface area (Å²) >= 11 is 0. The molecule has 1 aromatic heterocycles. The molecule has 0 unspecified atom stereocenters. The van der Waals surface area contributed by atoms with Crippen molar-refractivity contribution < 1.29 is 4.79 Å². The van der Waals surface area contributed by atoms with Crippen molar-refractivity contribution in [3.63, 3.8) is 0 Å². The number of carbonyl (C=O) groups excluding carboxylic acids is 1. The van der Waals surface area contributed by atoms with Crippen molar-refractivity contribution in [3.05, 3.63) is 12.2 Å². The molecule has 0 saturated carbocycles. The Kier molecular flexibility index (Phi) is 3.57. The van der Waals surface area contributed by atoms with Crippen LogP contribution in [-0.4, -0.2) is 27.1 Å². The van der Waals surface area contributed by atoms with Gasteiger partial charge < -0.3 is 5.73 Å². The average Bonchev–Trinajstić information content (AvgIpc) is 2.52. The molecule has 0 spiro atoms. The summed E-state index contributed by atoms with van der Waals surface area (Å²) < 4.78 is 1.72. The Labute approximate surface area is 76.9 Å². The van der Waals surface area contributed by atoms with Crippen molar-refractivity contribution in [2.24, 2.45) is 5.73 Å². The van der Waals surface area contributed by atoms with Crippen molar-refractivity contribution in [2.45, 2.75) is 26.3 Å². The third-order valence-electron chi connectivity index (χ3n) is 1.77. The van der Waals surface area contributed by atoms with E-state index in [1.807, 2.05) is 6.92 Å². The second kappa shape index (κ2) is 4.71. The fraction of sp³-hybridized carbons (Fsp3) is 0.625. The minimum absolute atomic E-state index is 0.116. The van der Waals surface area contributed by atoms with Gasteiger partial charge in [0.05, 0.1) is 6.42 Å². The van der Waals surface area contributed by atoms with Gasteiger partial charge in [-0.25, -0.2) is 9.67 Å². The molecule has 1 rings (SSSR count). The quantitative estimate of drug-likeness (QED) is 0.682.